The maximum absolute atomic E-state index is 12.5. The summed E-state index contributed by atoms with van der Waals surface area (Å²) < 4.78 is 0. The molecule has 0 spiro atoms. The summed E-state index contributed by atoms with van der Waals surface area (Å²) >= 11 is 0.892. The largest absolute Gasteiger partial charge is 0.350 e. The third-order valence-corrected chi connectivity index (χ3v) is 5.82. The number of carbonyl (C=O) groups excluding carboxylic acids is 4. The van der Waals surface area contributed by atoms with E-state index in [0.717, 1.165) is 35.1 Å². The van der Waals surface area contributed by atoms with Crippen LogP contribution in [0, 0.1) is 0 Å². The molecule has 1 saturated carbocycles. The Morgan fingerprint density at radius 3 is 2.44 bits per heavy atom. The predicted molar refractivity (Wildman–Crippen MR) is 123 cm³/mol. The summed E-state index contributed by atoms with van der Waals surface area (Å²) in [5.41, 5.74) is 1.84. The number of rotatable bonds is 7. The lowest BCUT2D eigenvalue weighted by atomic mass is 10.2. The van der Waals surface area contributed by atoms with E-state index in [-0.39, 0.29) is 42.2 Å². The molecule has 0 radical (unpaired) electrons. The molecule has 0 atom stereocenters. The summed E-state index contributed by atoms with van der Waals surface area (Å²) in [4.78, 5) is 50.3. The summed E-state index contributed by atoms with van der Waals surface area (Å²) in [6.45, 7) is 0.225. The van der Waals surface area contributed by atoms with Gasteiger partial charge in [-0.15, -0.1) is 0 Å². The van der Waals surface area contributed by atoms with E-state index in [4.69, 9.17) is 0 Å². The van der Waals surface area contributed by atoms with Crippen molar-refractivity contribution in [2.45, 2.75) is 18.9 Å². The first-order valence-corrected chi connectivity index (χ1v) is 11.1. The average Bonchev–Trinajstić information content (AvgIpc) is 3.56. The van der Waals surface area contributed by atoms with Crippen LogP contribution in [0.4, 0.5) is 15.3 Å². The van der Waals surface area contributed by atoms with Gasteiger partial charge in [-0.2, -0.15) is 0 Å². The van der Waals surface area contributed by atoms with E-state index in [1.165, 1.54) is 0 Å². The van der Waals surface area contributed by atoms with Gasteiger partial charge >= 0.3 is 6.03 Å². The molecule has 1 aliphatic carbocycles. The van der Waals surface area contributed by atoms with Gasteiger partial charge in [-0.1, -0.05) is 30.3 Å². The first kappa shape index (κ1) is 21.6. The fourth-order valence-corrected chi connectivity index (χ4v) is 3.93. The Kier molecular flexibility index (Phi) is 6.55. The highest BCUT2D eigenvalue weighted by molar-refractivity contribution is 8.18. The quantitative estimate of drug-likeness (QED) is 0.560. The van der Waals surface area contributed by atoms with Crippen LogP contribution in [-0.2, 0) is 4.79 Å². The zero-order chi connectivity index (χ0) is 22.5. The lowest BCUT2D eigenvalue weighted by Crippen LogP contribution is -2.37. The van der Waals surface area contributed by atoms with E-state index in [9.17, 15) is 19.2 Å². The Bertz CT molecular complexity index is 1070. The zero-order valence-corrected chi connectivity index (χ0v) is 18.0. The van der Waals surface area contributed by atoms with Crippen LogP contribution >= 0.6 is 11.8 Å². The molecule has 2 aromatic carbocycles. The molecular weight excluding hydrogens is 428 g/mol. The molecule has 3 N–H and O–H groups in total. The number of nitrogens with zero attached hydrogens (tertiary/aromatic N) is 1. The number of benzene rings is 2. The lowest BCUT2D eigenvalue weighted by Gasteiger charge is -2.13. The van der Waals surface area contributed by atoms with Crippen molar-refractivity contribution in [1.29, 1.82) is 0 Å². The van der Waals surface area contributed by atoms with Gasteiger partial charge in [0.05, 0.1) is 4.91 Å². The lowest BCUT2D eigenvalue weighted by molar-refractivity contribution is -0.122. The monoisotopic (exact) mass is 450 g/mol. The van der Waals surface area contributed by atoms with Crippen molar-refractivity contribution < 1.29 is 19.2 Å². The van der Waals surface area contributed by atoms with E-state index in [2.05, 4.69) is 16.0 Å². The first-order valence-electron chi connectivity index (χ1n) is 10.3. The average molecular weight is 451 g/mol. The topological polar surface area (TPSA) is 108 Å². The second-order valence-electron chi connectivity index (χ2n) is 7.45. The molecular formula is C23H22N4O4S. The molecule has 5 amide bonds. The van der Waals surface area contributed by atoms with Gasteiger partial charge in [0.2, 0.25) is 0 Å². The number of carbonyl (C=O) groups is 4. The fraction of sp³-hybridized carbons (Fsp3) is 0.217. The number of thioether (sulfide) groups is 1. The van der Waals surface area contributed by atoms with E-state index in [1.54, 1.807) is 30.3 Å². The summed E-state index contributed by atoms with van der Waals surface area (Å²) in [5, 5.41) is 7.90. The van der Waals surface area contributed by atoms with E-state index in [1.807, 2.05) is 30.3 Å². The van der Waals surface area contributed by atoms with Gasteiger partial charge in [0.1, 0.15) is 0 Å². The molecule has 9 heteroatoms. The van der Waals surface area contributed by atoms with Crippen molar-refractivity contribution in [3.8, 4) is 0 Å². The van der Waals surface area contributed by atoms with Gasteiger partial charge < -0.3 is 16.0 Å². The van der Waals surface area contributed by atoms with Gasteiger partial charge in [0.15, 0.2) is 0 Å². The molecule has 1 saturated heterocycles. The maximum Gasteiger partial charge on any atom is 0.319 e. The van der Waals surface area contributed by atoms with Crippen LogP contribution in [-0.4, -0.2) is 47.1 Å². The zero-order valence-electron chi connectivity index (χ0n) is 17.2. The summed E-state index contributed by atoms with van der Waals surface area (Å²) in [5.74, 6) is -0.691. The predicted octanol–water partition coefficient (Wildman–Crippen LogP) is 3.44. The number of anilines is 1. The van der Waals surface area contributed by atoms with Crippen molar-refractivity contribution in [3.05, 3.63) is 70.6 Å². The minimum atomic E-state index is -0.363. The number of hydrogen-bond acceptors (Lipinski definition) is 5. The van der Waals surface area contributed by atoms with Crippen molar-refractivity contribution in [3.63, 3.8) is 0 Å². The maximum atomic E-state index is 12.5. The second-order valence-corrected chi connectivity index (χ2v) is 8.44. The van der Waals surface area contributed by atoms with Crippen molar-refractivity contribution in [2.75, 3.05) is 18.4 Å². The van der Waals surface area contributed by atoms with E-state index in [0.29, 0.717) is 16.2 Å². The van der Waals surface area contributed by atoms with Crippen molar-refractivity contribution in [1.82, 2.24) is 15.5 Å². The van der Waals surface area contributed by atoms with Crippen LogP contribution in [0.3, 0.4) is 0 Å². The Morgan fingerprint density at radius 2 is 1.75 bits per heavy atom. The van der Waals surface area contributed by atoms with Gasteiger partial charge in [-0.05, 0) is 60.5 Å². The minimum Gasteiger partial charge on any atom is -0.350 e. The van der Waals surface area contributed by atoms with E-state index < -0.39 is 0 Å². The molecule has 8 nitrogen and oxygen atoms in total. The van der Waals surface area contributed by atoms with Crippen LogP contribution in [0.25, 0.3) is 6.08 Å². The molecule has 0 aromatic heterocycles. The van der Waals surface area contributed by atoms with E-state index >= 15 is 0 Å². The molecule has 164 valence electrons. The molecule has 4 rings (SSSR count). The highest BCUT2D eigenvalue weighted by Gasteiger charge is 2.34. The summed E-state index contributed by atoms with van der Waals surface area (Å²) in [7, 11) is 0. The highest BCUT2D eigenvalue weighted by atomic mass is 32.2. The standard InChI is InChI=1S/C23H22N4O4S/c28-20(16-6-8-17(9-7-16)25-22(30)26-18-10-11-18)24-12-13-27-21(29)19(32-23(27)31)14-15-4-2-1-3-5-15/h1-9,14,18H,10-13H2,(H,24,28)(H2,25,26,30)/b19-14-. The van der Waals surface area contributed by atoms with Gasteiger partial charge in [0, 0.05) is 30.4 Å². The van der Waals surface area contributed by atoms with Gasteiger partial charge in [-0.25, -0.2) is 4.79 Å². The number of imide groups is 1. The Labute approximate surface area is 189 Å². The first-order chi connectivity index (χ1) is 15.5. The van der Waals surface area contributed by atoms with Crippen LogP contribution in [0.1, 0.15) is 28.8 Å². The summed E-state index contributed by atoms with van der Waals surface area (Å²) in [6.07, 6.45) is 3.69. The van der Waals surface area contributed by atoms with Gasteiger partial charge in [-0.3, -0.25) is 19.3 Å². The normalized spacial score (nSPS) is 16.9. The van der Waals surface area contributed by atoms with Crippen LogP contribution in [0.2, 0.25) is 0 Å². The third-order valence-electron chi connectivity index (χ3n) is 4.91. The second kappa shape index (κ2) is 9.69. The van der Waals surface area contributed by atoms with Crippen molar-refractivity contribution in [2.24, 2.45) is 0 Å². The molecule has 2 aliphatic rings. The Balaban J connectivity index is 1.26. The Morgan fingerprint density at radius 1 is 1.03 bits per heavy atom. The van der Waals surface area contributed by atoms with Crippen LogP contribution in [0.15, 0.2) is 59.5 Å². The fourth-order valence-electron chi connectivity index (χ4n) is 3.06. The third kappa shape index (κ3) is 5.55. The van der Waals surface area contributed by atoms with Crippen molar-refractivity contribution >= 4 is 46.6 Å². The molecule has 0 unspecified atom stereocenters. The van der Waals surface area contributed by atoms with Gasteiger partial charge in [0.25, 0.3) is 17.1 Å². The summed E-state index contributed by atoms with van der Waals surface area (Å²) in [6, 6.07) is 15.8. The SMILES string of the molecule is O=C(Nc1ccc(C(=O)NCCN2C(=O)S/C(=C\c3ccccc3)C2=O)cc1)NC1CC1. The number of amides is 5. The van der Waals surface area contributed by atoms with Crippen LogP contribution in [0.5, 0.6) is 0 Å². The molecule has 1 aliphatic heterocycles. The molecule has 1 heterocycles. The number of hydrogen-bond donors (Lipinski definition) is 3. The molecule has 2 fully saturated rings. The van der Waals surface area contributed by atoms with Crippen LogP contribution < -0.4 is 16.0 Å². The molecule has 2 aromatic rings. The number of nitrogens with one attached hydrogen (secondary N) is 3. The number of urea groups is 1. The highest BCUT2D eigenvalue weighted by Crippen LogP contribution is 2.31. The Hall–Kier alpha value is -3.59. The minimum absolute atomic E-state index is 0.0868. The molecule has 0 bridgehead atoms. The smallest absolute Gasteiger partial charge is 0.319 e. The molecule has 32 heavy (non-hydrogen) atoms.